The predicted molar refractivity (Wildman–Crippen MR) is 136 cm³/mol. The maximum absolute atomic E-state index is 12.0. The molecule has 1 atom stereocenters. The lowest BCUT2D eigenvalue weighted by Gasteiger charge is -2.13. The fourth-order valence-corrected chi connectivity index (χ4v) is 3.21. The van der Waals surface area contributed by atoms with E-state index in [0.29, 0.717) is 52.8 Å². The minimum atomic E-state index is -0.683. The summed E-state index contributed by atoms with van der Waals surface area (Å²) in [5.41, 5.74) is -0.526. The Morgan fingerprint density at radius 1 is 0.865 bits per heavy atom. The van der Waals surface area contributed by atoms with Crippen LogP contribution in [0.15, 0.2) is 18.2 Å². The Balaban J connectivity index is 1.95. The molecule has 0 amide bonds. The molecule has 0 spiro atoms. The molecule has 0 aliphatic rings. The molecule has 1 rings (SSSR count). The number of anilines is 1. The number of unbranched alkanes of at least 4 members (excludes halogenated alkanes) is 1. The normalized spacial score (nSPS) is 11.7. The molecule has 13 heteroatoms. The third kappa shape index (κ3) is 14.5. The van der Waals surface area contributed by atoms with Crippen LogP contribution >= 0.6 is 0 Å². The Kier molecular flexibility index (Phi) is 17.6. The van der Waals surface area contributed by atoms with Crippen molar-refractivity contribution in [1.82, 2.24) is 0 Å². The van der Waals surface area contributed by atoms with Crippen molar-refractivity contribution in [2.75, 3.05) is 71.3 Å². The summed E-state index contributed by atoms with van der Waals surface area (Å²) < 4.78 is 26.8. The summed E-state index contributed by atoms with van der Waals surface area (Å²) in [6.07, 6.45) is 3.74. The van der Waals surface area contributed by atoms with E-state index in [4.69, 9.17) is 23.7 Å². The number of hydrogen-bond donors (Lipinski definition) is 1. The van der Waals surface area contributed by atoms with Crippen molar-refractivity contribution in [3.05, 3.63) is 38.4 Å². The Labute approximate surface area is 217 Å². The van der Waals surface area contributed by atoms with E-state index in [-0.39, 0.29) is 42.2 Å². The number of carbonyl (C=O) groups is 1. The van der Waals surface area contributed by atoms with Crippen LogP contribution in [0, 0.1) is 26.1 Å². The van der Waals surface area contributed by atoms with Crippen molar-refractivity contribution in [2.24, 2.45) is 5.92 Å². The largest absolute Gasteiger partial charge is 0.463 e. The zero-order valence-corrected chi connectivity index (χ0v) is 21.7. The molecular formula is C24H39N3O10. The first-order chi connectivity index (χ1) is 17.9. The summed E-state index contributed by atoms with van der Waals surface area (Å²) in [5.74, 6) is -0.182. The summed E-state index contributed by atoms with van der Waals surface area (Å²) in [6.45, 7) is 7.53. The minimum absolute atomic E-state index is 0.0308. The minimum Gasteiger partial charge on any atom is -0.463 e. The van der Waals surface area contributed by atoms with Gasteiger partial charge in [0.15, 0.2) is 0 Å². The number of non-ortho nitro benzene ring substituents is 1. The van der Waals surface area contributed by atoms with Crippen LogP contribution in [0.2, 0.25) is 0 Å². The van der Waals surface area contributed by atoms with E-state index in [1.165, 1.54) is 12.1 Å². The second-order valence-electron chi connectivity index (χ2n) is 8.01. The van der Waals surface area contributed by atoms with E-state index in [1.807, 2.05) is 6.92 Å². The van der Waals surface area contributed by atoms with E-state index in [1.54, 1.807) is 0 Å². The van der Waals surface area contributed by atoms with Crippen LogP contribution in [0.4, 0.5) is 17.1 Å². The Hall–Kier alpha value is -2.87. The first-order valence-electron chi connectivity index (χ1n) is 12.5. The third-order valence-electron chi connectivity index (χ3n) is 5.27. The van der Waals surface area contributed by atoms with Crippen molar-refractivity contribution >= 4 is 23.0 Å². The lowest BCUT2D eigenvalue weighted by atomic mass is 10.00. The molecule has 37 heavy (non-hydrogen) atoms. The van der Waals surface area contributed by atoms with E-state index < -0.39 is 9.85 Å². The predicted octanol–water partition coefficient (Wildman–Crippen LogP) is 3.74. The number of carbonyl (C=O) groups excluding carboxylic acids is 1. The van der Waals surface area contributed by atoms with Gasteiger partial charge < -0.3 is 29.0 Å². The summed E-state index contributed by atoms with van der Waals surface area (Å²) in [5, 5.41) is 24.7. The Bertz CT molecular complexity index is 809. The summed E-state index contributed by atoms with van der Waals surface area (Å²) in [4.78, 5) is 32.5. The number of hydrogen-bond acceptors (Lipinski definition) is 11. The zero-order valence-electron chi connectivity index (χ0n) is 21.7. The van der Waals surface area contributed by atoms with Crippen LogP contribution in [0.3, 0.4) is 0 Å². The zero-order chi connectivity index (χ0) is 27.3. The number of nitrogens with zero attached hydrogens (tertiary/aromatic N) is 2. The third-order valence-corrected chi connectivity index (χ3v) is 5.27. The second-order valence-corrected chi connectivity index (χ2v) is 8.01. The molecule has 0 aliphatic heterocycles. The molecule has 0 heterocycles. The highest BCUT2D eigenvalue weighted by Crippen LogP contribution is 2.28. The number of ether oxygens (including phenoxy) is 5. The quantitative estimate of drug-likeness (QED) is 0.0951. The van der Waals surface area contributed by atoms with Crippen LogP contribution in [0.25, 0.3) is 0 Å². The lowest BCUT2D eigenvalue weighted by molar-refractivity contribution is -0.393. The first kappa shape index (κ1) is 32.2. The van der Waals surface area contributed by atoms with Crippen molar-refractivity contribution in [3.63, 3.8) is 0 Å². The van der Waals surface area contributed by atoms with Gasteiger partial charge in [-0.25, -0.2) is 0 Å². The van der Waals surface area contributed by atoms with Gasteiger partial charge >= 0.3 is 5.97 Å². The smallest absolute Gasteiger partial charge is 0.308 e. The fourth-order valence-electron chi connectivity index (χ4n) is 3.21. The summed E-state index contributed by atoms with van der Waals surface area (Å²) in [6, 6.07) is 3.42. The SMILES string of the molecule is CCCCC(CC)C(=O)OCCOCCOCCOCCOCCNc1ccc([N+](=O)[O-])cc1[N+](=O)[O-]. The van der Waals surface area contributed by atoms with Crippen LogP contribution in [-0.2, 0) is 28.5 Å². The van der Waals surface area contributed by atoms with Gasteiger partial charge in [-0.2, -0.15) is 0 Å². The van der Waals surface area contributed by atoms with Gasteiger partial charge in [0.1, 0.15) is 12.3 Å². The highest BCUT2D eigenvalue weighted by atomic mass is 16.6. The molecule has 210 valence electrons. The Morgan fingerprint density at radius 2 is 1.43 bits per heavy atom. The fraction of sp³-hybridized carbons (Fsp3) is 0.708. The monoisotopic (exact) mass is 529 g/mol. The second kappa shape index (κ2) is 20.2. The van der Waals surface area contributed by atoms with E-state index in [2.05, 4.69) is 12.2 Å². The van der Waals surface area contributed by atoms with Gasteiger partial charge in [-0.05, 0) is 18.9 Å². The van der Waals surface area contributed by atoms with Crippen LogP contribution in [0.5, 0.6) is 0 Å². The highest BCUT2D eigenvalue weighted by molar-refractivity contribution is 5.72. The Morgan fingerprint density at radius 3 is 1.95 bits per heavy atom. The van der Waals surface area contributed by atoms with E-state index >= 15 is 0 Å². The molecule has 1 aromatic carbocycles. The maximum atomic E-state index is 12.0. The van der Waals surface area contributed by atoms with Gasteiger partial charge in [-0.3, -0.25) is 25.0 Å². The number of nitro benzene ring substituents is 2. The van der Waals surface area contributed by atoms with Gasteiger partial charge in [-0.15, -0.1) is 0 Å². The highest BCUT2D eigenvalue weighted by Gasteiger charge is 2.19. The van der Waals surface area contributed by atoms with Gasteiger partial charge in [0.2, 0.25) is 0 Å². The van der Waals surface area contributed by atoms with Crippen molar-refractivity contribution in [1.29, 1.82) is 0 Å². The van der Waals surface area contributed by atoms with Gasteiger partial charge in [0, 0.05) is 12.6 Å². The van der Waals surface area contributed by atoms with E-state index in [9.17, 15) is 25.0 Å². The molecule has 0 radical (unpaired) electrons. The van der Waals surface area contributed by atoms with Crippen LogP contribution in [-0.4, -0.2) is 81.8 Å². The van der Waals surface area contributed by atoms with Crippen LogP contribution < -0.4 is 5.32 Å². The topological polar surface area (TPSA) is 162 Å². The van der Waals surface area contributed by atoms with Crippen molar-refractivity contribution < 1.29 is 38.3 Å². The number of nitrogens with one attached hydrogen (secondary N) is 1. The number of nitro groups is 2. The molecule has 1 aromatic rings. The first-order valence-corrected chi connectivity index (χ1v) is 12.5. The molecule has 1 N–H and O–H groups in total. The van der Waals surface area contributed by atoms with E-state index in [0.717, 1.165) is 31.7 Å². The molecule has 0 bridgehead atoms. The molecule has 0 fully saturated rings. The summed E-state index contributed by atoms with van der Waals surface area (Å²) in [7, 11) is 0. The van der Waals surface area contributed by atoms with Gasteiger partial charge in [0.05, 0.1) is 74.7 Å². The standard InChI is InChI=1S/C24H39N3O10/c1-3-5-6-20(4-2)24(28)37-18-17-36-16-15-35-14-13-34-12-11-33-10-9-25-22-8-7-21(26(29)30)19-23(22)27(31)32/h7-8,19-20,25H,3-6,9-18H2,1-2H3. The molecule has 0 saturated carbocycles. The van der Waals surface area contributed by atoms with Crippen molar-refractivity contribution in [2.45, 2.75) is 39.5 Å². The average molecular weight is 530 g/mol. The summed E-state index contributed by atoms with van der Waals surface area (Å²) >= 11 is 0. The lowest BCUT2D eigenvalue weighted by Crippen LogP contribution is -2.20. The molecule has 1 unspecified atom stereocenters. The molecule has 0 aromatic heterocycles. The molecule has 13 nitrogen and oxygen atoms in total. The number of esters is 1. The average Bonchev–Trinajstić information content (AvgIpc) is 2.88. The molecular weight excluding hydrogens is 490 g/mol. The van der Waals surface area contributed by atoms with Crippen LogP contribution in [0.1, 0.15) is 39.5 Å². The van der Waals surface area contributed by atoms with Gasteiger partial charge in [0.25, 0.3) is 11.4 Å². The molecule has 0 aliphatic carbocycles. The maximum Gasteiger partial charge on any atom is 0.308 e. The number of rotatable bonds is 23. The number of benzene rings is 1. The van der Waals surface area contributed by atoms with Gasteiger partial charge in [-0.1, -0.05) is 26.7 Å². The van der Waals surface area contributed by atoms with Crippen molar-refractivity contribution in [3.8, 4) is 0 Å². The molecule has 0 saturated heterocycles.